The van der Waals surface area contributed by atoms with Gasteiger partial charge < -0.3 is 19.3 Å². The second kappa shape index (κ2) is 10.6. The fourth-order valence-corrected chi connectivity index (χ4v) is 4.00. The lowest BCUT2D eigenvalue weighted by molar-refractivity contribution is -0.270. The average molecular weight is 534 g/mol. The molecule has 1 fully saturated rings. The van der Waals surface area contributed by atoms with Crippen LogP contribution in [-0.2, 0) is 5.60 Å². The van der Waals surface area contributed by atoms with Gasteiger partial charge in [-0.05, 0) is 80.3 Å². The predicted octanol–water partition coefficient (Wildman–Crippen LogP) is 6.17. The molecule has 0 unspecified atom stereocenters. The number of hydrogen-bond donors (Lipinski definition) is 1. The zero-order chi connectivity index (χ0) is 27.7. The van der Waals surface area contributed by atoms with E-state index in [0.29, 0.717) is 17.1 Å². The van der Waals surface area contributed by atoms with Gasteiger partial charge in [-0.3, -0.25) is 4.79 Å². The molecule has 4 rings (SSSR count). The van der Waals surface area contributed by atoms with Crippen molar-refractivity contribution in [2.45, 2.75) is 50.5 Å². The summed E-state index contributed by atoms with van der Waals surface area (Å²) in [6, 6.07) is 10.6. The molecule has 1 atom stereocenters. The van der Waals surface area contributed by atoms with Gasteiger partial charge in [0.2, 0.25) is 5.60 Å². The summed E-state index contributed by atoms with van der Waals surface area (Å²) in [6.45, 7) is 1.51. The van der Waals surface area contributed by atoms with Crippen molar-refractivity contribution >= 4 is 5.78 Å². The van der Waals surface area contributed by atoms with Gasteiger partial charge in [0.25, 0.3) is 0 Å². The molecule has 1 aromatic heterocycles. The molecular weight excluding hydrogens is 506 g/mol. The molecule has 0 saturated heterocycles. The molecule has 1 aliphatic rings. The van der Waals surface area contributed by atoms with Gasteiger partial charge in [-0.2, -0.15) is 13.2 Å². The number of carbonyl (C=O) groups is 1. The number of alkyl halides is 3. The van der Waals surface area contributed by atoms with Crippen molar-refractivity contribution < 1.29 is 41.7 Å². The summed E-state index contributed by atoms with van der Waals surface area (Å²) in [6.07, 6.45) is -4.82. The van der Waals surface area contributed by atoms with Crippen LogP contribution in [-0.4, -0.2) is 42.4 Å². The fraction of sp³-hybridized carbons (Fsp3) is 0.357. The molecule has 1 heterocycles. The van der Waals surface area contributed by atoms with Crippen LogP contribution in [0.4, 0.5) is 17.6 Å². The fourth-order valence-electron chi connectivity index (χ4n) is 4.00. The van der Waals surface area contributed by atoms with E-state index in [-0.39, 0.29) is 28.7 Å². The van der Waals surface area contributed by atoms with Crippen molar-refractivity contribution in [2.24, 2.45) is 0 Å². The summed E-state index contributed by atoms with van der Waals surface area (Å²) >= 11 is 0. The van der Waals surface area contributed by atoms with Crippen LogP contribution in [0.2, 0.25) is 0 Å². The van der Waals surface area contributed by atoms with E-state index in [2.05, 4.69) is 4.98 Å². The Labute approximate surface area is 217 Å². The zero-order valence-corrected chi connectivity index (χ0v) is 21.1. The van der Waals surface area contributed by atoms with Crippen molar-refractivity contribution in [3.63, 3.8) is 0 Å². The maximum Gasteiger partial charge on any atom is 0.422 e. The Balaban J connectivity index is 1.63. The normalized spacial score (nSPS) is 15.1. The molecule has 6 nitrogen and oxygen atoms in total. The van der Waals surface area contributed by atoms with Crippen molar-refractivity contribution in [1.29, 1.82) is 0 Å². The first kappa shape index (κ1) is 27.4. The number of ether oxygens (including phenoxy) is 3. The first-order valence-electron chi connectivity index (χ1n) is 12.0. The second-order valence-electron chi connectivity index (χ2n) is 9.18. The zero-order valence-electron chi connectivity index (χ0n) is 21.1. The molecule has 0 bridgehead atoms. The van der Waals surface area contributed by atoms with E-state index in [0.717, 1.165) is 18.9 Å². The lowest BCUT2D eigenvalue weighted by Gasteiger charge is -2.30. The molecule has 0 spiro atoms. The molecule has 1 aliphatic carbocycles. The third kappa shape index (κ3) is 5.60. The van der Waals surface area contributed by atoms with Crippen LogP contribution >= 0.6 is 0 Å². The van der Waals surface area contributed by atoms with Gasteiger partial charge in [-0.25, -0.2) is 9.37 Å². The standard InChI is InChI=1S/C28H27F4NO5/c1-16-14-18(4-8-20(16)29)26-23(36-2)10-11-25(33-26)27(35,28(30,31)32)13-12-21(34)17-5-9-22(24(15-17)37-3)38-19-6-7-19/h4-5,8-11,14-15,19,35H,6-7,12-13H2,1-3H3/t27-/m1/s1. The van der Waals surface area contributed by atoms with Crippen molar-refractivity contribution in [3.8, 4) is 28.5 Å². The first-order chi connectivity index (χ1) is 18.0. The molecule has 1 N–H and O–H groups in total. The molecule has 202 valence electrons. The van der Waals surface area contributed by atoms with Crippen LogP contribution in [0.5, 0.6) is 17.2 Å². The molecule has 3 aromatic rings. The van der Waals surface area contributed by atoms with Gasteiger partial charge in [0.15, 0.2) is 17.3 Å². The second-order valence-corrected chi connectivity index (χ2v) is 9.18. The molecule has 2 aromatic carbocycles. The Kier molecular flexibility index (Phi) is 7.64. The van der Waals surface area contributed by atoms with E-state index in [1.165, 1.54) is 57.5 Å². The maximum absolute atomic E-state index is 14.3. The smallest absolute Gasteiger partial charge is 0.422 e. The number of hydrogen-bond acceptors (Lipinski definition) is 6. The van der Waals surface area contributed by atoms with Crippen LogP contribution in [0.25, 0.3) is 11.3 Å². The number of ketones is 1. The van der Waals surface area contributed by atoms with E-state index in [9.17, 15) is 27.5 Å². The number of benzene rings is 2. The molecule has 10 heteroatoms. The summed E-state index contributed by atoms with van der Waals surface area (Å²) in [5, 5.41) is 10.9. The van der Waals surface area contributed by atoms with Gasteiger partial charge in [-0.15, -0.1) is 0 Å². The molecule has 0 aliphatic heterocycles. The number of carbonyl (C=O) groups excluding carboxylic acids is 1. The molecule has 38 heavy (non-hydrogen) atoms. The Hall–Kier alpha value is -3.66. The highest BCUT2D eigenvalue weighted by Crippen LogP contribution is 2.44. The quantitative estimate of drug-likeness (QED) is 0.248. The summed E-state index contributed by atoms with van der Waals surface area (Å²) in [5.74, 6) is -0.222. The van der Waals surface area contributed by atoms with E-state index >= 15 is 0 Å². The minimum atomic E-state index is -5.15. The van der Waals surface area contributed by atoms with E-state index in [1.54, 1.807) is 6.07 Å². The lowest BCUT2D eigenvalue weighted by atomic mass is 9.89. The van der Waals surface area contributed by atoms with Gasteiger partial charge in [0.1, 0.15) is 17.3 Å². The Morgan fingerprint density at radius 3 is 2.29 bits per heavy atom. The third-order valence-electron chi connectivity index (χ3n) is 6.42. The van der Waals surface area contributed by atoms with Crippen LogP contribution in [0.15, 0.2) is 48.5 Å². The van der Waals surface area contributed by atoms with Gasteiger partial charge in [0.05, 0.1) is 26.0 Å². The van der Waals surface area contributed by atoms with Crippen LogP contribution in [0, 0.1) is 12.7 Å². The highest BCUT2D eigenvalue weighted by Gasteiger charge is 2.56. The number of pyridine rings is 1. The van der Waals surface area contributed by atoms with Gasteiger partial charge in [0, 0.05) is 17.5 Å². The van der Waals surface area contributed by atoms with Crippen LogP contribution in [0.3, 0.4) is 0 Å². The molecular formula is C28H27F4NO5. The third-order valence-corrected chi connectivity index (χ3v) is 6.42. The van der Waals surface area contributed by atoms with Crippen molar-refractivity contribution in [3.05, 3.63) is 71.2 Å². The molecule has 0 radical (unpaired) electrons. The van der Waals surface area contributed by atoms with E-state index in [1.807, 2.05) is 0 Å². The number of halogens is 4. The summed E-state index contributed by atoms with van der Waals surface area (Å²) in [7, 11) is 2.72. The average Bonchev–Trinajstić information content (AvgIpc) is 3.72. The van der Waals surface area contributed by atoms with Gasteiger partial charge in [-0.1, -0.05) is 0 Å². The summed E-state index contributed by atoms with van der Waals surface area (Å²) in [4.78, 5) is 17.0. The Bertz CT molecular complexity index is 1340. The first-order valence-corrected chi connectivity index (χ1v) is 12.0. The maximum atomic E-state index is 14.3. The monoisotopic (exact) mass is 533 g/mol. The number of aryl methyl sites for hydroxylation is 1. The largest absolute Gasteiger partial charge is 0.494 e. The summed E-state index contributed by atoms with van der Waals surface area (Å²) in [5.41, 5.74) is -3.45. The summed E-state index contributed by atoms with van der Waals surface area (Å²) < 4.78 is 72.8. The number of nitrogens with zero attached hydrogens (tertiary/aromatic N) is 1. The molecule has 1 saturated carbocycles. The number of aliphatic hydroxyl groups is 1. The number of Topliss-reactive ketones (excluding diaryl/α,β-unsaturated/α-hetero) is 1. The Morgan fingerprint density at radius 1 is 1.00 bits per heavy atom. The lowest BCUT2D eigenvalue weighted by Crippen LogP contribution is -2.43. The van der Waals surface area contributed by atoms with E-state index in [4.69, 9.17) is 14.2 Å². The number of aromatic nitrogens is 1. The van der Waals surface area contributed by atoms with Crippen LogP contribution in [0.1, 0.15) is 47.3 Å². The Morgan fingerprint density at radius 2 is 1.68 bits per heavy atom. The van der Waals surface area contributed by atoms with Crippen molar-refractivity contribution in [2.75, 3.05) is 14.2 Å². The van der Waals surface area contributed by atoms with Crippen molar-refractivity contribution in [1.82, 2.24) is 4.98 Å². The number of rotatable bonds is 10. The van der Waals surface area contributed by atoms with E-state index < -0.39 is 41.9 Å². The highest BCUT2D eigenvalue weighted by molar-refractivity contribution is 5.96. The minimum Gasteiger partial charge on any atom is -0.494 e. The van der Waals surface area contributed by atoms with Gasteiger partial charge >= 0.3 is 6.18 Å². The minimum absolute atomic E-state index is 0.00177. The number of methoxy groups -OCH3 is 2. The topological polar surface area (TPSA) is 77.9 Å². The predicted molar refractivity (Wildman–Crippen MR) is 131 cm³/mol. The molecule has 0 amide bonds. The highest BCUT2D eigenvalue weighted by atomic mass is 19.4. The SMILES string of the molecule is COc1cc(C(=O)CC[C@@](O)(c2ccc(OC)c(-c3ccc(F)c(C)c3)n2)C(F)(F)F)ccc1OC1CC1. The van der Waals surface area contributed by atoms with Crippen LogP contribution < -0.4 is 14.2 Å².